The van der Waals surface area contributed by atoms with Crippen LogP contribution < -0.4 is 11.2 Å². The first kappa shape index (κ1) is 19.1. The molecule has 27 heavy (non-hydrogen) atoms. The van der Waals surface area contributed by atoms with Gasteiger partial charge in [0.2, 0.25) is 0 Å². The van der Waals surface area contributed by atoms with Crippen LogP contribution in [-0.4, -0.2) is 30.4 Å². The van der Waals surface area contributed by atoms with Gasteiger partial charge in [-0.15, -0.1) is 0 Å². The van der Waals surface area contributed by atoms with E-state index in [-0.39, 0.29) is 18.7 Å². The summed E-state index contributed by atoms with van der Waals surface area (Å²) in [7, 11) is 1.64. The minimum Gasteiger partial charge on any atom is -0.396 e. The van der Waals surface area contributed by atoms with Crippen molar-refractivity contribution < 1.29 is 5.11 Å². The lowest BCUT2D eigenvalue weighted by Gasteiger charge is -2.11. The molecule has 0 saturated heterocycles. The SMILES string of the molecule is CCCc1nc2c(c(=O)n(CCCO)c(=O)n2C)n1Cc1ccc(C)cc1. The molecule has 0 aliphatic carbocycles. The molecular formula is C20H26N4O3. The standard InChI is InChI=1S/C20H26N4O3/c1-4-6-16-21-18-17(24(16)13-15-9-7-14(2)8-10-15)19(26)23(11-5-12-25)20(27)22(18)3/h7-10,25H,4-6,11-13H2,1-3H3. The predicted molar refractivity (Wildman–Crippen MR) is 105 cm³/mol. The highest BCUT2D eigenvalue weighted by molar-refractivity contribution is 5.71. The summed E-state index contributed by atoms with van der Waals surface area (Å²) >= 11 is 0. The van der Waals surface area contributed by atoms with Gasteiger partial charge in [0.05, 0.1) is 0 Å². The fourth-order valence-corrected chi connectivity index (χ4v) is 3.30. The zero-order valence-corrected chi connectivity index (χ0v) is 16.1. The van der Waals surface area contributed by atoms with Gasteiger partial charge >= 0.3 is 5.69 Å². The van der Waals surface area contributed by atoms with Crippen molar-refractivity contribution in [3.05, 3.63) is 62.1 Å². The molecule has 2 heterocycles. The molecule has 0 bridgehead atoms. The van der Waals surface area contributed by atoms with Gasteiger partial charge in [-0.05, 0) is 25.3 Å². The number of imidazole rings is 1. The van der Waals surface area contributed by atoms with E-state index in [9.17, 15) is 9.59 Å². The molecule has 2 aromatic heterocycles. The summed E-state index contributed by atoms with van der Waals surface area (Å²) in [5.41, 5.74) is 2.37. The molecule has 0 radical (unpaired) electrons. The van der Waals surface area contributed by atoms with Gasteiger partial charge in [-0.2, -0.15) is 0 Å². The van der Waals surface area contributed by atoms with Crippen molar-refractivity contribution in [2.75, 3.05) is 6.61 Å². The van der Waals surface area contributed by atoms with Crippen molar-refractivity contribution in [1.82, 2.24) is 18.7 Å². The van der Waals surface area contributed by atoms with Gasteiger partial charge in [-0.25, -0.2) is 9.78 Å². The second-order valence-corrected chi connectivity index (χ2v) is 6.90. The van der Waals surface area contributed by atoms with Crippen molar-refractivity contribution in [1.29, 1.82) is 0 Å². The number of hydrogen-bond acceptors (Lipinski definition) is 4. The fourth-order valence-electron chi connectivity index (χ4n) is 3.30. The second-order valence-electron chi connectivity index (χ2n) is 6.90. The van der Waals surface area contributed by atoms with Gasteiger partial charge < -0.3 is 9.67 Å². The highest BCUT2D eigenvalue weighted by Gasteiger charge is 2.20. The number of aliphatic hydroxyl groups is 1. The molecule has 3 aromatic rings. The van der Waals surface area contributed by atoms with Gasteiger partial charge in [-0.3, -0.25) is 13.9 Å². The lowest BCUT2D eigenvalue weighted by Crippen LogP contribution is -2.40. The molecule has 0 atom stereocenters. The first-order chi connectivity index (χ1) is 13.0. The third-order valence-corrected chi connectivity index (χ3v) is 4.79. The van der Waals surface area contributed by atoms with Crippen LogP contribution in [0.15, 0.2) is 33.9 Å². The normalized spacial score (nSPS) is 11.4. The van der Waals surface area contributed by atoms with Crippen LogP contribution >= 0.6 is 0 Å². The van der Waals surface area contributed by atoms with Crippen LogP contribution in [0.4, 0.5) is 0 Å². The molecule has 1 aromatic carbocycles. The largest absolute Gasteiger partial charge is 0.396 e. The Balaban J connectivity index is 2.24. The Kier molecular flexibility index (Phi) is 5.60. The van der Waals surface area contributed by atoms with Crippen molar-refractivity contribution in [2.45, 2.75) is 46.2 Å². The summed E-state index contributed by atoms with van der Waals surface area (Å²) in [6.45, 7) is 4.75. The Labute approximate surface area is 157 Å². The average molecular weight is 370 g/mol. The van der Waals surface area contributed by atoms with E-state index < -0.39 is 5.69 Å². The van der Waals surface area contributed by atoms with Gasteiger partial charge in [0.15, 0.2) is 11.2 Å². The Hall–Kier alpha value is -2.67. The molecule has 0 amide bonds. The van der Waals surface area contributed by atoms with E-state index in [4.69, 9.17) is 5.11 Å². The molecule has 0 aliphatic rings. The van der Waals surface area contributed by atoms with Crippen molar-refractivity contribution in [3.8, 4) is 0 Å². The summed E-state index contributed by atoms with van der Waals surface area (Å²) in [6, 6.07) is 8.18. The topological polar surface area (TPSA) is 82.1 Å². The summed E-state index contributed by atoms with van der Waals surface area (Å²) < 4.78 is 4.56. The third-order valence-electron chi connectivity index (χ3n) is 4.79. The number of aliphatic hydroxyl groups excluding tert-OH is 1. The maximum atomic E-state index is 13.1. The minimum absolute atomic E-state index is 0.0721. The van der Waals surface area contributed by atoms with Gasteiger partial charge in [0.1, 0.15) is 5.82 Å². The molecule has 7 heteroatoms. The summed E-state index contributed by atoms with van der Waals surface area (Å²) in [6.07, 6.45) is 1.98. The second kappa shape index (κ2) is 7.92. The van der Waals surface area contributed by atoms with Crippen LogP contribution in [-0.2, 0) is 26.6 Å². The predicted octanol–water partition coefficient (Wildman–Crippen LogP) is 1.59. The molecule has 1 N–H and O–H groups in total. The quantitative estimate of drug-likeness (QED) is 0.685. The lowest BCUT2D eigenvalue weighted by molar-refractivity contribution is 0.277. The Morgan fingerprint density at radius 1 is 1.11 bits per heavy atom. The van der Waals surface area contributed by atoms with E-state index in [1.165, 1.54) is 14.7 Å². The van der Waals surface area contributed by atoms with Crippen LogP contribution in [0, 0.1) is 6.92 Å². The number of hydrogen-bond donors (Lipinski definition) is 1. The maximum absolute atomic E-state index is 13.1. The summed E-state index contributed by atoms with van der Waals surface area (Å²) in [5, 5.41) is 9.10. The molecule has 3 rings (SSSR count). The summed E-state index contributed by atoms with van der Waals surface area (Å²) in [5.74, 6) is 0.806. The van der Waals surface area contributed by atoms with E-state index in [2.05, 4.69) is 11.9 Å². The van der Waals surface area contributed by atoms with Crippen LogP contribution in [0.2, 0.25) is 0 Å². The van der Waals surface area contributed by atoms with Crippen LogP contribution in [0.25, 0.3) is 11.2 Å². The van der Waals surface area contributed by atoms with Gasteiger partial charge in [-0.1, -0.05) is 36.8 Å². The van der Waals surface area contributed by atoms with E-state index in [0.29, 0.717) is 24.1 Å². The Bertz CT molecular complexity index is 1060. The Morgan fingerprint density at radius 3 is 2.44 bits per heavy atom. The Morgan fingerprint density at radius 2 is 1.81 bits per heavy atom. The first-order valence-corrected chi connectivity index (χ1v) is 9.33. The van der Waals surface area contributed by atoms with Crippen LogP contribution in [0.5, 0.6) is 0 Å². The van der Waals surface area contributed by atoms with Crippen LogP contribution in [0.3, 0.4) is 0 Å². The molecule has 0 spiro atoms. The zero-order chi connectivity index (χ0) is 19.6. The van der Waals surface area contributed by atoms with Gasteiger partial charge in [0, 0.05) is 33.2 Å². The molecule has 144 valence electrons. The molecule has 0 fully saturated rings. The zero-order valence-electron chi connectivity index (χ0n) is 16.1. The van der Waals surface area contributed by atoms with Crippen molar-refractivity contribution in [3.63, 3.8) is 0 Å². The average Bonchev–Trinajstić information content (AvgIpc) is 3.00. The lowest BCUT2D eigenvalue weighted by atomic mass is 10.1. The first-order valence-electron chi connectivity index (χ1n) is 9.33. The minimum atomic E-state index is -0.399. The van der Waals surface area contributed by atoms with E-state index in [1.807, 2.05) is 35.8 Å². The van der Waals surface area contributed by atoms with Crippen molar-refractivity contribution in [2.24, 2.45) is 7.05 Å². The molecule has 0 unspecified atom stereocenters. The van der Waals surface area contributed by atoms with E-state index in [1.54, 1.807) is 7.05 Å². The smallest absolute Gasteiger partial charge is 0.332 e. The summed E-state index contributed by atoms with van der Waals surface area (Å²) in [4.78, 5) is 30.3. The molecule has 7 nitrogen and oxygen atoms in total. The maximum Gasteiger partial charge on any atom is 0.332 e. The number of nitrogens with zero attached hydrogens (tertiary/aromatic N) is 4. The molecular weight excluding hydrogens is 344 g/mol. The highest BCUT2D eigenvalue weighted by atomic mass is 16.3. The van der Waals surface area contributed by atoms with Crippen molar-refractivity contribution >= 4 is 11.2 Å². The van der Waals surface area contributed by atoms with Gasteiger partial charge in [0.25, 0.3) is 5.56 Å². The number of aryl methyl sites for hydroxylation is 3. The number of rotatable bonds is 7. The monoisotopic (exact) mass is 370 g/mol. The van der Waals surface area contributed by atoms with E-state index >= 15 is 0 Å². The number of benzene rings is 1. The number of aromatic nitrogens is 4. The van der Waals surface area contributed by atoms with E-state index in [0.717, 1.165) is 24.2 Å². The van der Waals surface area contributed by atoms with Crippen LogP contribution in [0.1, 0.15) is 36.7 Å². The number of fused-ring (bicyclic) bond motifs is 1. The molecule has 0 saturated carbocycles. The fraction of sp³-hybridized carbons (Fsp3) is 0.450. The molecule has 0 aliphatic heterocycles. The third kappa shape index (κ3) is 3.60. The highest BCUT2D eigenvalue weighted by Crippen LogP contribution is 2.16.